The number of carbonyl (C=O) groups is 2. The molecule has 0 aromatic heterocycles. The molecule has 1 unspecified atom stereocenters. The van der Waals surface area contributed by atoms with Crippen molar-refractivity contribution in [2.24, 2.45) is 0 Å². The fourth-order valence-electron chi connectivity index (χ4n) is 1.93. The quantitative estimate of drug-likeness (QED) is 0.775. The summed E-state index contributed by atoms with van der Waals surface area (Å²) in [5, 5.41) is 0. The van der Waals surface area contributed by atoms with Crippen molar-refractivity contribution >= 4 is 11.9 Å². The lowest BCUT2D eigenvalue weighted by Gasteiger charge is -2.12. The third-order valence-electron chi connectivity index (χ3n) is 2.91. The van der Waals surface area contributed by atoms with Crippen molar-refractivity contribution < 1.29 is 23.8 Å². The molecule has 1 heterocycles. The third kappa shape index (κ3) is 2.31. The zero-order valence-corrected chi connectivity index (χ0v) is 10.9. The van der Waals surface area contributed by atoms with E-state index in [9.17, 15) is 9.59 Å². The van der Waals surface area contributed by atoms with Crippen molar-refractivity contribution in [3.05, 3.63) is 46.7 Å². The summed E-state index contributed by atoms with van der Waals surface area (Å²) in [5.74, 6) is -1.39. The minimum absolute atomic E-state index is 0.0962. The van der Waals surface area contributed by atoms with E-state index in [1.54, 1.807) is 12.1 Å². The number of cyclic esters (lactones) is 1. The molecule has 1 atom stereocenters. The molecule has 0 aliphatic carbocycles. The van der Waals surface area contributed by atoms with Gasteiger partial charge in [-0.05, 0) is 12.5 Å². The van der Waals surface area contributed by atoms with Gasteiger partial charge in [-0.3, -0.25) is 0 Å². The molecule has 2 rings (SSSR count). The lowest BCUT2D eigenvalue weighted by atomic mass is 10.0. The molecule has 0 saturated heterocycles. The number of aryl methyl sites for hydroxylation is 1. The molecule has 0 N–H and O–H groups in total. The Balaban J connectivity index is 2.46. The standard InChI is InChI=1S/C14H14O5/c1-8-4-6-9(7-5-8)11-10(13(15)18-3)12(17-2)14(16)19-11/h4-7,11H,1-3H3. The molecule has 1 aliphatic heterocycles. The Hall–Kier alpha value is -2.30. The van der Waals surface area contributed by atoms with Crippen LogP contribution < -0.4 is 0 Å². The minimum Gasteiger partial charge on any atom is -0.489 e. The number of methoxy groups -OCH3 is 2. The fraction of sp³-hybridized carbons (Fsp3) is 0.286. The van der Waals surface area contributed by atoms with Crippen LogP contribution in [0.5, 0.6) is 0 Å². The number of rotatable bonds is 3. The second-order valence-corrected chi connectivity index (χ2v) is 4.13. The van der Waals surface area contributed by atoms with Crippen molar-refractivity contribution in [1.29, 1.82) is 0 Å². The lowest BCUT2D eigenvalue weighted by molar-refractivity contribution is -0.143. The van der Waals surface area contributed by atoms with E-state index in [-0.39, 0.29) is 11.3 Å². The Labute approximate surface area is 110 Å². The van der Waals surface area contributed by atoms with Gasteiger partial charge in [0, 0.05) is 0 Å². The lowest BCUT2D eigenvalue weighted by Crippen LogP contribution is -2.12. The van der Waals surface area contributed by atoms with Crippen LogP contribution in [-0.4, -0.2) is 26.2 Å². The maximum absolute atomic E-state index is 11.8. The SMILES string of the molecule is COC(=O)C1=C(OC)C(=O)OC1c1ccc(C)cc1. The summed E-state index contributed by atoms with van der Waals surface area (Å²) < 4.78 is 14.8. The van der Waals surface area contributed by atoms with Gasteiger partial charge in [0.25, 0.3) is 0 Å². The smallest absolute Gasteiger partial charge is 0.375 e. The van der Waals surface area contributed by atoms with Crippen molar-refractivity contribution in [3.63, 3.8) is 0 Å². The van der Waals surface area contributed by atoms with Crippen molar-refractivity contribution in [2.75, 3.05) is 14.2 Å². The summed E-state index contributed by atoms with van der Waals surface area (Å²) in [5.41, 5.74) is 1.87. The van der Waals surface area contributed by atoms with Gasteiger partial charge in [0.1, 0.15) is 5.57 Å². The normalized spacial score (nSPS) is 18.3. The van der Waals surface area contributed by atoms with Crippen molar-refractivity contribution in [2.45, 2.75) is 13.0 Å². The molecule has 0 bridgehead atoms. The van der Waals surface area contributed by atoms with Crippen LogP contribution in [0.25, 0.3) is 0 Å². The molecule has 0 spiro atoms. The van der Waals surface area contributed by atoms with E-state index in [1.165, 1.54) is 14.2 Å². The molecule has 100 valence electrons. The number of hydrogen-bond acceptors (Lipinski definition) is 5. The minimum atomic E-state index is -0.782. The van der Waals surface area contributed by atoms with Crippen LogP contribution >= 0.6 is 0 Å². The summed E-state index contributed by atoms with van der Waals surface area (Å²) in [6, 6.07) is 7.36. The highest BCUT2D eigenvalue weighted by Crippen LogP contribution is 2.36. The van der Waals surface area contributed by atoms with Gasteiger partial charge < -0.3 is 14.2 Å². The molecule has 1 aliphatic rings. The zero-order valence-electron chi connectivity index (χ0n) is 10.9. The molecule has 1 aromatic rings. The Kier molecular flexibility index (Phi) is 3.55. The summed E-state index contributed by atoms with van der Waals surface area (Å²) in [6.45, 7) is 1.95. The number of carbonyl (C=O) groups excluding carboxylic acids is 2. The van der Waals surface area contributed by atoms with E-state index in [0.29, 0.717) is 5.56 Å². The van der Waals surface area contributed by atoms with Crippen LogP contribution in [0.2, 0.25) is 0 Å². The Morgan fingerprint density at radius 2 is 1.84 bits per heavy atom. The first-order chi connectivity index (χ1) is 9.08. The Morgan fingerprint density at radius 1 is 1.21 bits per heavy atom. The molecule has 0 amide bonds. The van der Waals surface area contributed by atoms with Crippen molar-refractivity contribution in [3.8, 4) is 0 Å². The Morgan fingerprint density at radius 3 is 2.37 bits per heavy atom. The van der Waals surface area contributed by atoms with Crippen LogP contribution in [0, 0.1) is 6.92 Å². The van der Waals surface area contributed by atoms with Gasteiger partial charge in [-0.1, -0.05) is 29.8 Å². The molecule has 5 nitrogen and oxygen atoms in total. The number of esters is 2. The fourth-order valence-corrected chi connectivity index (χ4v) is 1.93. The molecule has 1 aromatic carbocycles. The van der Waals surface area contributed by atoms with Crippen molar-refractivity contribution in [1.82, 2.24) is 0 Å². The van der Waals surface area contributed by atoms with Gasteiger partial charge in [0.05, 0.1) is 14.2 Å². The molecular formula is C14H14O5. The van der Waals surface area contributed by atoms with E-state index < -0.39 is 18.0 Å². The summed E-state index contributed by atoms with van der Waals surface area (Å²) in [6.07, 6.45) is -0.782. The first-order valence-corrected chi connectivity index (χ1v) is 5.72. The highest BCUT2D eigenvalue weighted by molar-refractivity contribution is 6.03. The first-order valence-electron chi connectivity index (χ1n) is 5.72. The summed E-state index contributed by atoms with van der Waals surface area (Å²) in [4.78, 5) is 23.5. The topological polar surface area (TPSA) is 61.8 Å². The molecular weight excluding hydrogens is 248 g/mol. The van der Waals surface area contributed by atoms with E-state index in [4.69, 9.17) is 9.47 Å². The van der Waals surface area contributed by atoms with Gasteiger partial charge >= 0.3 is 11.9 Å². The molecule has 0 fully saturated rings. The maximum atomic E-state index is 11.8. The molecule has 0 saturated carbocycles. The van der Waals surface area contributed by atoms with E-state index >= 15 is 0 Å². The third-order valence-corrected chi connectivity index (χ3v) is 2.91. The second-order valence-electron chi connectivity index (χ2n) is 4.13. The number of benzene rings is 1. The van der Waals surface area contributed by atoms with Crippen LogP contribution in [0.1, 0.15) is 17.2 Å². The first kappa shape index (κ1) is 13.1. The van der Waals surface area contributed by atoms with Crippen LogP contribution in [0.3, 0.4) is 0 Å². The molecule has 0 radical (unpaired) electrons. The Bertz CT molecular complexity index is 541. The highest BCUT2D eigenvalue weighted by atomic mass is 16.6. The molecule has 5 heteroatoms. The van der Waals surface area contributed by atoms with E-state index in [1.807, 2.05) is 19.1 Å². The predicted octanol–water partition coefficient (Wildman–Crippen LogP) is 1.67. The van der Waals surface area contributed by atoms with Crippen LogP contribution in [0.4, 0.5) is 0 Å². The van der Waals surface area contributed by atoms with Crippen LogP contribution in [0.15, 0.2) is 35.6 Å². The zero-order chi connectivity index (χ0) is 14.0. The van der Waals surface area contributed by atoms with Gasteiger partial charge in [-0.15, -0.1) is 0 Å². The average molecular weight is 262 g/mol. The largest absolute Gasteiger partial charge is 0.489 e. The van der Waals surface area contributed by atoms with E-state index in [0.717, 1.165) is 5.56 Å². The predicted molar refractivity (Wildman–Crippen MR) is 66.1 cm³/mol. The number of hydrogen-bond donors (Lipinski definition) is 0. The van der Waals surface area contributed by atoms with Crippen LogP contribution in [-0.2, 0) is 23.8 Å². The average Bonchev–Trinajstić information content (AvgIpc) is 2.75. The summed E-state index contributed by atoms with van der Waals surface area (Å²) in [7, 11) is 2.56. The molecule has 19 heavy (non-hydrogen) atoms. The maximum Gasteiger partial charge on any atom is 0.375 e. The van der Waals surface area contributed by atoms with Gasteiger partial charge in [0.15, 0.2) is 6.10 Å². The highest BCUT2D eigenvalue weighted by Gasteiger charge is 2.41. The number of ether oxygens (including phenoxy) is 3. The summed E-state index contributed by atoms with van der Waals surface area (Å²) >= 11 is 0. The van der Waals surface area contributed by atoms with Gasteiger partial charge in [-0.25, -0.2) is 9.59 Å². The van der Waals surface area contributed by atoms with E-state index in [2.05, 4.69) is 4.74 Å². The monoisotopic (exact) mass is 262 g/mol. The van der Waals surface area contributed by atoms with Gasteiger partial charge in [0.2, 0.25) is 5.76 Å². The second kappa shape index (κ2) is 5.14. The van der Waals surface area contributed by atoms with Gasteiger partial charge in [-0.2, -0.15) is 0 Å².